The van der Waals surface area contributed by atoms with Crippen LogP contribution in [-0.2, 0) is 0 Å². The molecule has 0 aliphatic carbocycles. The van der Waals surface area contributed by atoms with Crippen molar-refractivity contribution in [1.82, 2.24) is 10.7 Å². The van der Waals surface area contributed by atoms with Gasteiger partial charge in [0.1, 0.15) is 5.02 Å². The summed E-state index contributed by atoms with van der Waals surface area (Å²) in [4.78, 5) is 10.2. The van der Waals surface area contributed by atoms with E-state index in [0.717, 1.165) is 0 Å². The first-order chi connectivity index (χ1) is 9.04. The molecule has 1 aromatic rings. The SMILES string of the molecule is C=CCNC(=S)N[NH+]=Cc1ccc(Cl)c([N+](=O)[O-])c1. The van der Waals surface area contributed by atoms with Gasteiger partial charge in [-0.2, -0.15) is 0 Å². The van der Waals surface area contributed by atoms with E-state index in [2.05, 4.69) is 22.4 Å². The Bertz CT molecular complexity index is 533. The van der Waals surface area contributed by atoms with Gasteiger partial charge in [-0.15, -0.1) is 17.1 Å². The zero-order chi connectivity index (χ0) is 14.3. The Morgan fingerprint density at radius 1 is 1.63 bits per heavy atom. The van der Waals surface area contributed by atoms with E-state index >= 15 is 0 Å². The van der Waals surface area contributed by atoms with Crippen LogP contribution in [0.2, 0.25) is 5.02 Å². The Labute approximate surface area is 120 Å². The molecule has 1 rings (SSSR count). The van der Waals surface area contributed by atoms with Crippen molar-refractivity contribution < 1.29 is 10.0 Å². The van der Waals surface area contributed by atoms with E-state index < -0.39 is 4.92 Å². The molecule has 0 aliphatic rings. The highest BCUT2D eigenvalue weighted by atomic mass is 35.5. The third-order valence-corrected chi connectivity index (χ3v) is 2.56. The van der Waals surface area contributed by atoms with E-state index in [0.29, 0.717) is 17.2 Å². The fourth-order valence-corrected chi connectivity index (χ4v) is 1.48. The highest BCUT2D eigenvalue weighted by Crippen LogP contribution is 2.23. The molecule has 0 spiro atoms. The van der Waals surface area contributed by atoms with Gasteiger partial charge in [0.15, 0.2) is 6.21 Å². The number of hydrazone groups is 1. The number of nitrogens with one attached hydrogen (secondary N) is 3. The quantitative estimate of drug-likeness (QED) is 0.240. The second kappa shape index (κ2) is 7.45. The second-order valence-electron chi connectivity index (χ2n) is 3.38. The van der Waals surface area contributed by atoms with Crippen molar-refractivity contribution in [3.63, 3.8) is 0 Å². The summed E-state index contributed by atoms with van der Waals surface area (Å²) in [6.07, 6.45) is 3.20. The van der Waals surface area contributed by atoms with Crippen LogP contribution in [-0.4, -0.2) is 22.8 Å². The van der Waals surface area contributed by atoms with Crippen LogP contribution in [0.5, 0.6) is 0 Å². The molecule has 0 unspecified atom stereocenters. The lowest BCUT2D eigenvalue weighted by Gasteiger charge is -1.99. The molecule has 0 saturated heterocycles. The number of nitrogens with zero attached hydrogens (tertiary/aromatic N) is 1. The summed E-state index contributed by atoms with van der Waals surface area (Å²) in [7, 11) is 0. The zero-order valence-electron chi connectivity index (χ0n) is 9.85. The summed E-state index contributed by atoms with van der Waals surface area (Å²) in [6.45, 7) is 4.08. The molecule has 19 heavy (non-hydrogen) atoms. The minimum absolute atomic E-state index is 0.0956. The van der Waals surface area contributed by atoms with Crippen LogP contribution in [0.1, 0.15) is 5.56 Å². The highest BCUT2D eigenvalue weighted by molar-refractivity contribution is 7.80. The Hall–Kier alpha value is -1.99. The van der Waals surface area contributed by atoms with Crippen molar-refractivity contribution in [1.29, 1.82) is 0 Å². The average molecular weight is 300 g/mol. The number of hydrogen-bond donors (Lipinski definition) is 3. The monoisotopic (exact) mass is 299 g/mol. The second-order valence-corrected chi connectivity index (χ2v) is 4.20. The van der Waals surface area contributed by atoms with Crippen molar-refractivity contribution in [3.8, 4) is 0 Å². The van der Waals surface area contributed by atoms with Crippen LogP contribution in [0.3, 0.4) is 0 Å². The molecule has 1 aromatic carbocycles. The maximum atomic E-state index is 10.7. The lowest BCUT2D eigenvalue weighted by Crippen LogP contribution is -2.82. The van der Waals surface area contributed by atoms with E-state index in [1.807, 2.05) is 0 Å². The van der Waals surface area contributed by atoms with Crippen LogP contribution in [0.15, 0.2) is 30.9 Å². The molecule has 0 atom stereocenters. The Balaban J connectivity index is 2.67. The van der Waals surface area contributed by atoms with Gasteiger partial charge in [0.25, 0.3) is 5.69 Å². The highest BCUT2D eigenvalue weighted by Gasteiger charge is 2.12. The van der Waals surface area contributed by atoms with Gasteiger partial charge in [0.2, 0.25) is 5.11 Å². The molecule has 0 amide bonds. The maximum Gasteiger partial charge on any atom is 0.288 e. The van der Waals surface area contributed by atoms with E-state index in [-0.39, 0.29) is 10.7 Å². The molecular weight excluding hydrogens is 288 g/mol. The molecule has 0 saturated carbocycles. The van der Waals surface area contributed by atoms with E-state index in [4.69, 9.17) is 23.8 Å². The number of rotatable bonds is 5. The molecule has 0 aliphatic heterocycles. The molecular formula is C11H12ClN4O2S+. The van der Waals surface area contributed by atoms with Gasteiger partial charge in [-0.25, -0.2) is 0 Å². The molecule has 0 heterocycles. The topological polar surface area (TPSA) is 81.2 Å². The summed E-state index contributed by atoms with van der Waals surface area (Å²) in [6, 6.07) is 4.46. The predicted molar refractivity (Wildman–Crippen MR) is 78.2 cm³/mol. The van der Waals surface area contributed by atoms with Gasteiger partial charge >= 0.3 is 0 Å². The van der Waals surface area contributed by atoms with E-state index in [9.17, 15) is 10.1 Å². The van der Waals surface area contributed by atoms with Crippen molar-refractivity contribution in [2.75, 3.05) is 6.54 Å². The normalized spacial score (nSPS) is 10.2. The van der Waals surface area contributed by atoms with Gasteiger partial charge in [0, 0.05) is 18.2 Å². The number of benzene rings is 1. The molecule has 0 fully saturated rings. The largest absolute Gasteiger partial charge is 0.355 e. The number of thiocarbonyl (C=S) groups is 1. The summed E-state index contributed by atoms with van der Waals surface area (Å²) in [5.74, 6) is 0. The van der Waals surface area contributed by atoms with Crippen molar-refractivity contribution in [2.24, 2.45) is 0 Å². The lowest BCUT2D eigenvalue weighted by molar-refractivity contribution is -0.500. The summed E-state index contributed by atoms with van der Waals surface area (Å²) >= 11 is 10.6. The molecule has 3 N–H and O–H groups in total. The molecule has 8 heteroatoms. The fraction of sp³-hybridized carbons (Fsp3) is 0.0909. The van der Waals surface area contributed by atoms with Gasteiger partial charge in [-0.3, -0.25) is 10.1 Å². The van der Waals surface area contributed by atoms with Crippen LogP contribution in [0.25, 0.3) is 0 Å². The number of halogens is 1. The summed E-state index contributed by atoms with van der Waals surface area (Å²) < 4.78 is 0. The van der Waals surface area contributed by atoms with E-state index in [1.54, 1.807) is 12.1 Å². The Morgan fingerprint density at radius 2 is 2.37 bits per heavy atom. The Morgan fingerprint density at radius 3 is 3.00 bits per heavy atom. The predicted octanol–water partition coefficient (Wildman–Crippen LogP) is 0.313. The number of nitro benzene ring substituents is 1. The van der Waals surface area contributed by atoms with E-state index in [1.165, 1.54) is 18.3 Å². The molecule has 100 valence electrons. The molecule has 0 aromatic heterocycles. The first kappa shape index (κ1) is 15.1. The molecule has 6 nitrogen and oxygen atoms in total. The van der Waals surface area contributed by atoms with Gasteiger partial charge in [-0.05, 0) is 24.4 Å². The van der Waals surface area contributed by atoms with Gasteiger partial charge in [0.05, 0.1) is 4.92 Å². The first-order valence-corrected chi connectivity index (χ1v) is 6.00. The Kier molecular flexibility index (Phi) is 5.91. The van der Waals surface area contributed by atoms with Crippen LogP contribution < -0.4 is 15.8 Å². The smallest absolute Gasteiger partial charge is 0.288 e. The third-order valence-electron chi connectivity index (χ3n) is 2.00. The standard InChI is InChI=1S/C11H11ClN4O2S/c1-2-5-13-11(19)15-14-7-8-3-4-9(12)10(6-8)16(17)18/h2-4,6-7H,1,5H2,(H2,13,15,19)/p+1. The third kappa shape index (κ3) is 5.02. The molecule has 0 radical (unpaired) electrons. The minimum Gasteiger partial charge on any atom is -0.355 e. The summed E-state index contributed by atoms with van der Waals surface area (Å²) in [5, 5.41) is 16.8. The maximum absolute atomic E-state index is 10.7. The average Bonchev–Trinajstić information content (AvgIpc) is 2.38. The van der Waals surface area contributed by atoms with Crippen LogP contribution >= 0.6 is 23.8 Å². The van der Waals surface area contributed by atoms with Gasteiger partial charge in [-0.1, -0.05) is 17.7 Å². The van der Waals surface area contributed by atoms with Crippen molar-refractivity contribution >= 4 is 40.8 Å². The molecule has 0 bridgehead atoms. The van der Waals surface area contributed by atoms with Gasteiger partial charge < -0.3 is 5.32 Å². The van der Waals surface area contributed by atoms with Crippen molar-refractivity contribution in [2.45, 2.75) is 0 Å². The number of hydrazine groups is 1. The van der Waals surface area contributed by atoms with Crippen molar-refractivity contribution in [3.05, 3.63) is 51.6 Å². The summed E-state index contributed by atoms with van der Waals surface area (Å²) in [5.41, 5.74) is 3.14. The number of hydrogen-bond acceptors (Lipinski definition) is 3. The number of nitro groups is 1. The minimum atomic E-state index is -0.538. The van der Waals surface area contributed by atoms with Crippen LogP contribution in [0, 0.1) is 10.1 Å². The zero-order valence-corrected chi connectivity index (χ0v) is 11.4. The lowest BCUT2D eigenvalue weighted by atomic mass is 10.2. The first-order valence-electron chi connectivity index (χ1n) is 5.22. The van der Waals surface area contributed by atoms with Crippen LogP contribution in [0.4, 0.5) is 5.69 Å². The fourth-order valence-electron chi connectivity index (χ4n) is 1.15.